The van der Waals surface area contributed by atoms with Gasteiger partial charge in [-0.05, 0) is 17.5 Å². The number of benzene rings is 1. The van der Waals surface area contributed by atoms with Gasteiger partial charge in [0.25, 0.3) is 0 Å². The second-order valence-corrected chi connectivity index (χ2v) is 4.16. The Morgan fingerprint density at radius 3 is 2.43 bits per heavy atom. The molecule has 1 atom stereocenters. The SMILES string of the molecule is COc1cc(C(C)C)ccc1C(N)S. The first-order chi connectivity index (χ1) is 6.56. The molecule has 14 heavy (non-hydrogen) atoms. The predicted molar refractivity (Wildman–Crippen MR) is 63.0 cm³/mol. The molecule has 0 amide bonds. The van der Waals surface area contributed by atoms with Crippen molar-refractivity contribution in [1.29, 1.82) is 0 Å². The summed E-state index contributed by atoms with van der Waals surface area (Å²) in [5.41, 5.74) is 7.88. The van der Waals surface area contributed by atoms with Crippen molar-refractivity contribution < 1.29 is 4.74 Å². The normalized spacial score (nSPS) is 13.0. The molecule has 1 rings (SSSR count). The number of ether oxygens (including phenoxy) is 1. The lowest BCUT2D eigenvalue weighted by Crippen LogP contribution is -2.05. The summed E-state index contributed by atoms with van der Waals surface area (Å²) in [5, 5.41) is -0.286. The van der Waals surface area contributed by atoms with Gasteiger partial charge in [0.15, 0.2) is 0 Å². The largest absolute Gasteiger partial charge is 0.496 e. The van der Waals surface area contributed by atoms with Gasteiger partial charge in [-0.25, -0.2) is 0 Å². The fraction of sp³-hybridized carbons (Fsp3) is 0.455. The number of hydrogen-bond donors (Lipinski definition) is 2. The standard InChI is InChI=1S/C11H17NOS/c1-7(2)8-4-5-9(11(12)14)10(6-8)13-3/h4-7,11,14H,12H2,1-3H3. The maximum atomic E-state index is 5.70. The van der Waals surface area contributed by atoms with Gasteiger partial charge in [0.2, 0.25) is 0 Å². The summed E-state index contributed by atoms with van der Waals surface area (Å²) in [6.07, 6.45) is 0. The zero-order chi connectivity index (χ0) is 10.7. The van der Waals surface area contributed by atoms with Crippen molar-refractivity contribution in [3.63, 3.8) is 0 Å². The third-order valence-corrected chi connectivity index (χ3v) is 2.52. The maximum Gasteiger partial charge on any atom is 0.124 e. The van der Waals surface area contributed by atoms with Crippen molar-refractivity contribution in [1.82, 2.24) is 0 Å². The van der Waals surface area contributed by atoms with Crippen molar-refractivity contribution in [3.05, 3.63) is 29.3 Å². The highest BCUT2D eigenvalue weighted by Gasteiger charge is 2.09. The third kappa shape index (κ3) is 2.42. The van der Waals surface area contributed by atoms with E-state index in [0.717, 1.165) is 11.3 Å². The van der Waals surface area contributed by atoms with E-state index in [1.165, 1.54) is 5.56 Å². The monoisotopic (exact) mass is 211 g/mol. The van der Waals surface area contributed by atoms with Crippen LogP contribution >= 0.6 is 12.6 Å². The van der Waals surface area contributed by atoms with Crippen LogP contribution < -0.4 is 10.5 Å². The number of thiol groups is 1. The molecule has 0 aliphatic rings. The highest BCUT2D eigenvalue weighted by Crippen LogP contribution is 2.29. The molecule has 0 saturated heterocycles. The first-order valence-corrected chi connectivity index (χ1v) is 5.19. The van der Waals surface area contributed by atoms with Crippen LogP contribution in [0.1, 0.15) is 36.3 Å². The molecule has 0 bridgehead atoms. The Hall–Kier alpha value is -0.670. The van der Waals surface area contributed by atoms with Crippen LogP contribution in [0.2, 0.25) is 0 Å². The first-order valence-electron chi connectivity index (χ1n) is 4.67. The number of methoxy groups -OCH3 is 1. The van der Waals surface area contributed by atoms with E-state index in [2.05, 4.69) is 32.5 Å². The van der Waals surface area contributed by atoms with E-state index in [9.17, 15) is 0 Å². The van der Waals surface area contributed by atoms with Gasteiger partial charge in [-0.1, -0.05) is 26.0 Å². The molecule has 3 heteroatoms. The van der Waals surface area contributed by atoms with Crippen LogP contribution in [-0.4, -0.2) is 7.11 Å². The van der Waals surface area contributed by atoms with E-state index in [1.54, 1.807) is 7.11 Å². The van der Waals surface area contributed by atoms with E-state index in [0.29, 0.717) is 5.92 Å². The van der Waals surface area contributed by atoms with Gasteiger partial charge in [0.1, 0.15) is 5.75 Å². The lowest BCUT2D eigenvalue weighted by molar-refractivity contribution is 0.409. The minimum atomic E-state index is -0.286. The van der Waals surface area contributed by atoms with Gasteiger partial charge in [0.05, 0.1) is 12.5 Å². The van der Waals surface area contributed by atoms with Crippen LogP contribution in [-0.2, 0) is 0 Å². The summed E-state index contributed by atoms with van der Waals surface area (Å²) in [5.74, 6) is 1.31. The number of hydrogen-bond acceptors (Lipinski definition) is 3. The average Bonchev–Trinajstić information content (AvgIpc) is 2.16. The van der Waals surface area contributed by atoms with E-state index < -0.39 is 0 Å². The van der Waals surface area contributed by atoms with Crippen molar-refractivity contribution in [2.75, 3.05) is 7.11 Å². The van der Waals surface area contributed by atoms with Gasteiger partial charge < -0.3 is 10.5 Å². The zero-order valence-corrected chi connectivity index (χ0v) is 9.71. The first kappa shape index (κ1) is 11.4. The van der Waals surface area contributed by atoms with E-state index in [-0.39, 0.29) is 5.37 Å². The van der Waals surface area contributed by atoms with Gasteiger partial charge in [-0.3, -0.25) is 0 Å². The lowest BCUT2D eigenvalue weighted by Gasteiger charge is -2.14. The van der Waals surface area contributed by atoms with Crippen LogP contribution in [0.5, 0.6) is 5.75 Å². The fourth-order valence-electron chi connectivity index (χ4n) is 1.33. The summed E-state index contributed by atoms with van der Waals surface area (Å²) in [7, 11) is 1.65. The average molecular weight is 211 g/mol. The van der Waals surface area contributed by atoms with Crippen LogP contribution in [0.25, 0.3) is 0 Å². The minimum Gasteiger partial charge on any atom is -0.496 e. The maximum absolute atomic E-state index is 5.70. The molecule has 0 fully saturated rings. The molecule has 2 nitrogen and oxygen atoms in total. The minimum absolute atomic E-state index is 0.286. The molecule has 0 aliphatic heterocycles. The number of rotatable bonds is 3. The molecule has 1 aromatic rings. The van der Waals surface area contributed by atoms with Crippen molar-refractivity contribution in [2.45, 2.75) is 25.1 Å². The molecule has 1 unspecified atom stereocenters. The predicted octanol–water partition coefficient (Wildman–Crippen LogP) is 2.71. The van der Waals surface area contributed by atoms with Crippen LogP contribution in [0.3, 0.4) is 0 Å². The molecule has 1 aromatic carbocycles. The third-order valence-electron chi connectivity index (χ3n) is 2.24. The molecule has 0 aliphatic carbocycles. The van der Waals surface area contributed by atoms with Crippen LogP contribution in [0.15, 0.2) is 18.2 Å². The zero-order valence-electron chi connectivity index (χ0n) is 8.82. The Morgan fingerprint density at radius 2 is 2.00 bits per heavy atom. The molecule has 2 N–H and O–H groups in total. The summed E-state index contributed by atoms with van der Waals surface area (Å²) in [6.45, 7) is 4.30. The highest BCUT2D eigenvalue weighted by molar-refractivity contribution is 7.80. The fourth-order valence-corrected chi connectivity index (χ4v) is 1.54. The Labute approximate surface area is 90.9 Å². The highest BCUT2D eigenvalue weighted by atomic mass is 32.1. The number of nitrogens with two attached hydrogens (primary N) is 1. The van der Waals surface area contributed by atoms with Gasteiger partial charge in [0, 0.05) is 5.56 Å². The van der Waals surface area contributed by atoms with Gasteiger partial charge >= 0.3 is 0 Å². The smallest absolute Gasteiger partial charge is 0.124 e. The molecular formula is C11H17NOS. The van der Waals surface area contributed by atoms with E-state index in [1.807, 2.05) is 12.1 Å². The molecule has 0 heterocycles. The summed E-state index contributed by atoms with van der Waals surface area (Å²) in [4.78, 5) is 0. The van der Waals surface area contributed by atoms with Crippen molar-refractivity contribution >= 4 is 12.6 Å². The second-order valence-electron chi connectivity index (χ2n) is 3.60. The Balaban J connectivity index is 3.11. The summed E-state index contributed by atoms with van der Waals surface area (Å²) >= 11 is 4.20. The quantitative estimate of drug-likeness (QED) is 0.595. The Bertz CT molecular complexity index is 310. The molecule has 0 aromatic heterocycles. The van der Waals surface area contributed by atoms with Crippen LogP contribution in [0.4, 0.5) is 0 Å². The van der Waals surface area contributed by atoms with Gasteiger partial charge in [-0.15, -0.1) is 0 Å². The van der Waals surface area contributed by atoms with E-state index in [4.69, 9.17) is 10.5 Å². The van der Waals surface area contributed by atoms with Crippen molar-refractivity contribution in [2.24, 2.45) is 5.73 Å². The summed E-state index contributed by atoms with van der Waals surface area (Å²) < 4.78 is 5.27. The second kappa shape index (κ2) is 4.71. The van der Waals surface area contributed by atoms with Crippen LogP contribution in [0, 0.1) is 0 Å². The molecule has 0 radical (unpaired) electrons. The molecular weight excluding hydrogens is 194 g/mol. The summed E-state index contributed by atoms with van der Waals surface area (Å²) in [6, 6.07) is 6.07. The lowest BCUT2D eigenvalue weighted by atomic mass is 10.0. The molecule has 78 valence electrons. The Morgan fingerprint density at radius 1 is 1.36 bits per heavy atom. The van der Waals surface area contributed by atoms with Gasteiger partial charge in [-0.2, -0.15) is 12.6 Å². The van der Waals surface area contributed by atoms with Crippen molar-refractivity contribution in [3.8, 4) is 5.75 Å². The van der Waals surface area contributed by atoms with E-state index >= 15 is 0 Å². The topological polar surface area (TPSA) is 35.2 Å². The molecule has 0 saturated carbocycles. The molecule has 0 spiro atoms. The Kier molecular flexibility index (Phi) is 3.84.